The maximum absolute atomic E-state index is 12.1. The highest BCUT2D eigenvalue weighted by molar-refractivity contribution is 7.86. The molecule has 0 saturated heterocycles. The SMILES string of the molecule is Cc1ccc(S(=O)(=O)OCCOCCOCCOCCOCCOCCOCCOCCOCCOCCOCCOCCOCCOCCOCCOCCOCCOCCOCCOCCOc2ccc([N+](=O)[O-])cc2)cc1. The van der Waals surface area contributed by atoms with Gasteiger partial charge in [0.2, 0.25) is 0 Å². The van der Waals surface area contributed by atoms with E-state index >= 15 is 0 Å². The minimum atomic E-state index is -3.79. The standard InChI is InChI=1S/C53H91NO25S/c1-50-2-8-53(9-3-50)80(57,58)79-49-47-77-45-43-75-41-39-73-37-35-71-33-31-69-29-27-67-25-23-65-21-19-63-17-15-61-13-11-59-10-12-60-14-16-62-18-20-64-22-24-66-26-28-68-30-32-70-34-36-72-38-40-74-42-44-76-46-48-78-52-6-4-51(5-7-52)54(55)56/h2-9H,10-49H2,1H3. The predicted octanol–water partition coefficient (Wildman–Crippen LogP) is 3.00. The molecule has 0 heterocycles. The Labute approximate surface area is 472 Å². The van der Waals surface area contributed by atoms with Gasteiger partial charge in [-0.2, -0.15) is 8.42 Å². The van der Waals surface area contributed by atoms with E-state index in [1.807, 2.05) is 6.92 Å². The molecule has 0 aliphatic rings. The summed E-state index contributed by atoms with van der Waals surface area (Å²) in [5, 5.41) is 10.7. The van der Waals surface area contributed by atoms with Crippen molar-refractivity contribution in [3.05, 3.63) is 64.2 Å². The molecule has 0 N–H and O–H groups in total. The van der Waals surface area contributed by atoms with Crippen molar-refractivity contribution in [2.24, 2.45) is 0 Å². The van der Waals surface area contributed by atoms with E-state index in [9.17, 15) is 18.5 Å². The van der Waals surface area contributed by atoms with Gasteiger partial charge in [-0.05, 0) is 31.2 Å². The van der Waals surface area contributed by atoms with Crippen LogP contribution in [0.3, 0.4) is 0 Å². The molecule has 0 radical (unpaired) electrons. The zero-order valence-electron chi connectivity index (χ0n) is 47.0. The van der Waals surface area contributed by atoms with Crippen LogP contribution in [0.1, 0.15) is 5.56 Å². The van der Waals surface area contributed by atoms with E-state index in [1.165, 1.54) is 24.3 Å². The van der Waals surface area contributed by atoms with Gasteiger partial charge in [-0.15, -0.1) is 0 Å². The van der Waals surface area contributed by atoms with Crippen LogP contribution in [0.25, 0.3) is 0 Å². The Morgan fingerprint density at radius 2 is 0.500 bits per heavy atom. The largest absolute Gasteiger partial charge is 0.491 e. The van der Waals surface area contributed by atoms with Crippen molar-refractivity contribution in [3.63, 3.8) is 0 Å². The molecule has 0 unspecified atom stereocenters. The van der Waals surface area contributed by atoms with E-state index in [1.54, 1.807) is 24.3 Å². The smallest absolute Gasteiger partial charge is 0.297 e. The highest BCUT2D eigenvalue weighted by atomic mass is 32.2. The molecular weight excluding hydrogens is 1080 g/mol. The molecule has 0 saturated carbocycles. The van der Waals surface area contributed by atoms with Crippen LogP contribution >= 0.6 is 0 Å². The number of nitro benzene ring substituents is 1. The number of non-ortho nitro benzene ring substituents is 1. The van der Waals surface area contributed by atoms with Gasteiger partial charge < -0.3 is 94.7 Å². The normalized spacial score (nSPS) is 11.8. The average Bonchev–Trinajstić information content (AvgIpc) is 3.47. The van der Waals surface area contributed by atoms with E-state index < -0.39 is 15.0 Å². The zero-order valence-corrected chi connectivity index (χ0v) is 47.8. The summed E-state index contributed by atoms with van der Waals surface area (Å²) >= 11 is 0. The molecule has 464 valence electrons. The molecule has 2 rings (SSSR count). The quantitative estimate of drug-likeness (QED) is 0.0398. The molecule has 0 atom stereocenters. The Kier molecular flexibility index (Phi) is 51.3. The van der Waals surface area contributed by atoms with Gasteiger partial charge in [0, 0.05) is 12.1 Å². The van der Waals surface area contributed by atoms with Crippen LogP contribution in [0.2, 0.25) is 0 Å². The highest BCUT2D eigenvalue weighted by Crippen LogP contribution is 2.17. The van der Waals surface area contributed by atoms with E-state index in [0.29, 0.717) is 257 Å². The lowest BCUT2D eigenvalue weighted by atomic mass is 10.2. The van der Waals surface area contributed by atoms with Crippen molar-refractivity contribution in [2.45, 2.75) is 11.8 Å². The van der Waals surface area contributed by atoms with Crippen LogP contribution in [-0.2, 0) is 104 Å². The average molecular weight is 1170 g/mol. The third-order valence-electron chi connectivity index (χ3n) is 10.0. The number of nitro groups is 1. The van der Waals surface area contributed by atoms with Gasteiger partial charge in [-0.25, -0.2) is 0 Å². The summed E-state index contributed by atoms with van der Waals surface area (Å²) in [6.45, 7) is 19.0. The number of aryl methyl sites for hydroxylation is 1. The lowest BCUT2D eigenvalue weighted by Gasteiger charge is -2.09. The first-order valence-corrected chi connectivity index (χ1v) is 28.6. The fourth-order valence-corrected chi connectivity index (χ4v) is 6.81. The van der Waals surface area contributed by atoms with E-state index in [-0.39, 0.29) is 23.8 Å². The summed E-state index contributed by atoms with van der Waals surface area (Å²) in [5.41, 5.74) is 0.987. The summed E-state index contributed by atoms with van der Waals surface area (Å²) in [6.07, 6.45) is 0. The lowest BCUT2D eigenvalue weighted by molar-refractivity contribution is -0.384. The molecular formula is C53H91NO25S. The molecule has 2 aromatic carbocycles. The molecule has 0 fully saturated rings. The Bertz CT molecular complexity index is 1740. The fourth-order valence-electron chi connectivity index (χ4n) is 5.92. The monoisotopic (exact) mass is 1170 g/mol. The Hall–Kier alpha value is -3.21. The van der Waals surface area contributed by atoms with Gasteiger partial charge in [-0.1, -0.05) is 17.7 Å². The van der Waals surface area contributed by atoms with Crippen molar-refractivity contribution >= 4 is 15.8 Å². The van der Waals surface area contributed by atoms with E-state index in [0.717, 1.165) is 5.56 Å². The van der Waals surface area contributed by atoms with Crippen molar-refractivity contribution in [2.75, 3.05) is 264 Å². The number of rotatable bonds is 64. The molecule has 26 nitrogen and oxygen atoms in total. The Morgan fingerprint density at radius 3 is 0.713 bits per heavy atom. The van der Waals surface area contributed by atoms with Gasteiger partial charge >= 0.3 is 0 Å². The summed E-state index contributed by atoms with van der Waals surface area (Å²) in [4.78, 5) is 10.3. The zero-order chi connectivity index (χ0) is 57.2. The van der Waals surface area contributed by atoms with Crippen LogP contribution < -0.4 is 4.74 Å². The van der Waals surface area contributed by atoms with Gasteiger partial charge in [0.15, 0.2) is 0 Å². The van der Waals surface area contributed by atoms with E-state index in [2.05, 4.69) is 0 Å². The maximum atomic E-state index is 12.1. The Morgan fingerprint density at radius 1 is 0.300 bits per heavy atom. The molecule has 80 heavy (non-hydrogen) atoms. The molecule has 0 amide bonds. The van der Waals surface area contributed by atoms with Gasteiger partial charge in [0.05, 0.1) is 267 Å². The summed E-state index contributed by atoms with van der Waals surface area (Å²) in [5.74, 6) is 0.548. The number of ether oxygens (including phenoxy) is 20. The number of hydrogen-bond donors (Lipinski definition) is 0. The lowest BCUT2D eigenvalue weighted by Crippen LogP contribution is -2.16. The fraction of sp³-hybridized carbons (Fsp3) is 0.774. The number of hydrogen-bond acceptors (Lipinski definition) is 25. The van der Waals surface area contributed by atoms with Crippen molar-refractivity contribution in [1.82, 2.24) is 0 Å². The third-order valence-corrected chi connectivity index (χ3v) is 11.3. The second-order valence-electron chi connectivity index (χ2n) is 16.3. The van der Waals surface area contributed by atoms with Crippen LogP contribution in [0, 0.1) is 17.0 Å². The van der Waals surface area contributed by atoms with Crippen LogP contribution in [0.4, 0.5) is 5.69 Å². The van der Waals surface area contributed by atoms with Crippen LogP contribution in [0.5, 0.6) is 5.75 Å². The molecule has 0 bridgehead atoms. The summed E-state index contributed by atoms with van der Waals surface area (Å²) in [6, 6.07) is 12.4. The summed E-state index contributed by atoms with van der Waals surface area (Å²) < 4.78 is 139. The maximum Gasteiger partial charge on any atom is 0.297 e. The first-order chi connectivity index (χ1) is 39.4. The third kappa shape index (κ3) is 48.3. The van der Waals surface area contributed by atoms with Gasteiger partial charge in [-0.3, -0.25) is 14.3 Å². The van der Waals surface area contributed by atoms with Crippen molar-refractivity contribution in [1.29, 1.82) is 0 Å². The van der Waals surface area contributed by atoms with Crippen LogP contribution in [-0.4, -0.2) is 278 Å². The molecule has 0 spiro atoms. The first-order valence-electron chi connectivity index (χ1n) is 27.2. The highest BCUT2D eigenvalue weighted by Gasteiger charge is 2.14. The number of nitrogens with zero attached hydrogens (tertiary/aromatic N) is 1. The van der Waals surface area contributed by atoms with Crippen molar-refractivity contribution in [3.8, 4) is 5.75 Å². The molecule has 2 aromatic rings. The second-order valence-corrected chi connectivity index (χ2v) is 17.9. The van der Waals surface area contributed by atoms with Gasteiger partial charge in [0.25, 0.3) is 15.8 Å². The topological polar surface area (TPSA) is 271 Å². The predicted molar refractivity (Wildman–Crippen MR) is 288 cm³/mol. The molecule has 0 aromatic heterocycles. The van der Waals surface area contributed by atoms with Gasteiger partial charge in [0.1, 0.15) is 12.4 Å². The first kappa shape index (κ1) is 72.9. The van der Waals surface area contributed by atoms with E-state index in [4.69, 9.17) is 98.9 Å². The molecule has 0 aliphatic carbocycles. The molecule has 0 aliphatic heterocycles. The minimum Gasteiger partial charge on any atom is -0.491 e. The second kappa shape index (κ2) is 56.3. The Balaban J connectivity index is 1.11. The van der Waals surface area contributed by atoms with Crippen LogP contribution in [0.15, 0.2) is 53.4 Å². The van der Waals surface area contributed by atoms with Crippen molar-refractivity contribution < 1.29 is 112 Å². The minimum absolute atomic E-state index is 0.0184. The summed E-state index contributed by atoms with van der Waals surface area (Å²) in [7, 11) is -3.79. The molecule has 27 heteroatoms. The number of benzene rings is 2.